The van der Waals surface area contributed by atoms with Gasteiger partial charge in [0, 0.05) is 23.8 Å². The van der Waals surface area contributed by atoms with Crippen LogP contribution in [-0.4, -0.2) is 23.1 Å². The molecule has 1 aromatic carbocycles. The van der Waals surface area contributed by atoms with Gasteiger partial charge in [-0.15, -0.1) is 0 Å². The van der Waals surface area contributed by atoms with Crippen LogP contribution in [0.25, 0.3) is 0 Å². The van der Waals surface area contributed by atoms with E-state index in [4.69, 9.17) is 11.6 Å². The zero-order valence-electron chi connectivity index (χ0n) is 10.5. The molecule has 2 N–H and O–H groups in total. The molecule has 1 rings (SSSR count). The molecule has 0 aromatic heterocycles. The van der Waals surface area contributed by atoms with Crippen molar-refractivity contribution in [2.75, 3.05) is 5.32 Å². The third-order valence-corrected chi connectivity index (χ3v) is 2.36. The van der Waals surface area contributed by atoms with Gasteiger partial charge >= 0.3 is 0 Å². The first-order chi connectivity index (χ1) is 8.90. The van der Waals surface area contributed by atoms with Crippen molar-refractivity contribution in [2.45, 2.75) is 13.8 Å². The summed E-state index contributed by atoms with van der Waals surface area (Å²) < 4.78 is 0. The lowest BCUT2D eigenvalue weighted by Gasteiger charge is -2.06. The molecule has 0 fully saturated rings. The summed E-state index contributed by atoms with van der Waals surface area (Å²) >= 11 is 5.73. The SMILES string of the molecule is CC(=O)N=CC(C(=O)Nc1ccc(Cl)cc1)=C(C)O. The van der Waals surface area contributed by atoms with Crippen LogP contribution in [0.4, 0.5) is 5.69 Å². The number of aliphatic imine (C=N–C) groups is 1. The van der Waals surface area contributed by atoms with Gasteiger partial charge in [-0.05, 0) is 31.2 Å². The zero-order chi connectivity index (χ0) is 14.4. The third kappa shape index (κ3) is 4.93. The Labute approximate surface area is 115 Å². The van der Waals surface area contributed by atoms with Gasteiger partial charge in [-0.25, -0.2) is 4.99 Å². The van der Waals surface area contributed by atoms with Gasteiger partial charge in [-0.3, -0.25) is 9.59 Å². The number of nitrogens with one attached hydrogen (secondary N) is 1. The predicted molar refractivity (Wildman–Crippen MR) is 74.6 cm³/mol. The summed E-state index contributed by atoms with van der Waals surface area (Å²) in [5.74, 6) is -1.25. The van der Waals surface area contributed by atoms with Crippen LogP contribution in [-0.2, 0) is 9.59 Å². The van der Waals surface area contributed by atoms with Crippen LogP contribution in [0.2, 0.25) is 5.02 Å². The van der Waals surface area contributed by atoms with Crippen LogP contribution in [0.1, 0.15) is 13.8 Å². The van der Waals surface area contributed by atoms with Crippen molar-refractivity contribution in [3.05, 3.63) is 40.6 Å². The van der Waals surface area contributed by atoms with E-state index in [-0.39, 0.29) is 11.3 Å². The number of halogens is 1. The summed E-state index contributed by atoms with van der Waals surface area (Å²) in [4.78, 5) is 26.1. The zero-order valence-corrected chi connectivity index (χ0v) is 11.2. The van der Waals surface area contributed by atoms with Crippen molar-refractivity contribution < 1.29 is 14.7 Å². The highest BCUT2D eigenvalue weighted by atomic mass is 35.5. The van der Waals surface area contributed by atoms with Crippen LogP contribution < -0.4 is 5.32 Å². The molecule has 5 nitrogen and oxygen atoms in total. The average molecular weight is 281 g/mol. The van der Waals surface area contributed by atoms with Crippen LogP contribution >= 0.6 is 11.6 Å². The number of carbonyl (C=O) groups is 2. The molecule has 0 radical (unpaired) electrons. The summed E-state index contributed by atoms with van der Waals surface area (Å²) in [5, 5.41) is 12.5. The number of hydrogen-bond acceptors (Lipinski definition) is 3. The second kappa shape index (κ2) is 6.70. The standard InChI is InChI=1S/C13H13ClN2O3/c1-8(17)12(7-15-9(2)18)13(19)16-11-5-3-10(14)4-6-11/h3-7,17H,1-2H3,(H,16,19). The molecule has 0 spiro atoms. The molecule has 0 saturated carbocycles. The van der Waals surface area contributed by atoms with E-state index >= 15 is 0 Å². The Balaban J connectivity index is 2.88. The van der Waals surface area contributed by atoms with Gasteiger partial charge in [0.25, 0.3) is 5.91 Å². The Morgan fingerprint density at radius 2 is 1.84 bits per heavy atom. The van der Waals surface area contributed by atoms with Crippen molar-refractivity contribution in [2.24, 2.45) is 4.99 Å². The van der Waals surface area contributed by atoms with Crippen LogP contribution in [0, 0.1) is 0 Å². The maximum absolute atomic E-state index is 11.9. The van der Waals surface area contributed by atoms with Crippen LogP contribution in [0.5, 0.6) is 0 Å². The molecule has 2 amide bonds. The molecule has 0 unspecified atom stereocenters. The molecular weight excluding hydrogens is 268 g/mol. The van der Waals surface area contributed by atoms with Crippen LogP contribution in [0.3, 0.4) is 0 Å². The minimum atomic E-state index is -0.563. The fourth-order valence-electron chi connectivity index (χ4n) is 1.20. The van der Waals surface area contributed by atoms with Gasteiger partial charge in [0.1, 0.15) is 5.76 Å². The van der Waals surface area contributed by atoms with Crippen molar-refractivity contribution in [1.29, 1.82) is 0 Å². The third-order valence-electron chi connectivity index (χ3n) is 2.11. The predicted octanol–water partition coefficient (Wildman–Crippen LogP) is 2.73. The molecule has 19 heavy (non-hydrogen) atoms. The second-order valence-corrected chi connectivity index (χ2v) is 4.17. The lowest BCUT2D eigenvalue weighted by molar-refractivity contribution is -0.115. The van der Waals surface area contributed by atoms with E-state index in [9.17, 15) is 14.7 Å². The smallest absolute Gasteiger partial charge is 0.260 e. The molecule has 1 aromatic rings. The van der Waals surface area contributed by atoms with E-state index in [1.54, 1.807) is 24.3 Å². The van der Waals surface area contributed by atoms with E-state index in [2.05, 4.69) is 10.3 Å². The Kier molecular flexibility index (Phi) is 5.26. The van der Waals surface area contributed by atoms with Crippen molar-refractivity contribution in [3.8, 4) is 0 Å². The number of hydrogen-bond donors (Lipinski definition) is 2. The van der Waals surface area contributed by atoms with Gasteiger partial charge < -0.3 is 10.4 Å². The quantitative estimate of drug-likeness (QED) is 0.507. The first-order valence-corrected chi connectivity index (χ1v) is 5.79. The first-order valence-electron chi connectivity index (χ1n) is 5.41. The molecule has 0 heterocycles. The summed E-state index contributed by atoms with van der Waals surface area (Å²) in [6.45, 7) is 2.58. The minimum Gasteiger partial charge on any atom is -0.512 e. The number of aliphatic hydroxyl groups excluding tert-OH is 1. The maximum Gasteiger partial charge on any atom is 0.260 e. The Morgan fingerprint density at radius 1 is 1.26 bits per heavy atom. The summed E-state index contributed by atoms with van der Waals surface area (Å²) in [5.41, 5.74) is 0.439. The van der Waals surface area contributed by atoms with E-state index in [1.807, 2.05) is 0 Å². The van der Waals surface area contributed by atoms with Crippen molar-refractivity contribution in [3.63, 3.8) is 0 Å². The highest BCUT2D eigenvalue weighted by molar-refractivity contribution is 6.30. The number of anilines is 1. The largest absolute Gasteiger partial charge is 0.512 e. The van der Waals surface area contributed by atoms with E-state index in [0.29, 0.717) is 10.7 Å². The highest BCUT2D eigenvalue weighted by Gasteiger charge is 2.11. The monoisotopic (exact) mass is 280 g/mol. The maximum atomic E-state index is 11.9. The number of aliphatic hydroxyl groups is 1. The number of rotatable bonds is 3. The van der Waals surface area contributed by atoms with E-state index in [0.717, 1.165) is 6.21 Å². The van der Waals surface area contributed by atoms with Gasteiger partial charge in [-0.2, -0.15) is 0 Å². The minimum absolute atomic E-state index is 0.0786. The topological polar surface area (TPSA) is 78.8 Å². The molecule has 0 atom stereocenters. The number of amides is 2. The highest BCUT2D eigenvalue weighted by Crippen LogP contribution is 2.14. The lowest BCUT2D eigenvalue weighted by Crippen LogP contribution is -2.17. The first kappa shape index (κ1) is 14.9. The molecule has 0 saturated heterocycles. The van der Waals surface area contributed by atoms with Gasteiger partial charge in [-0.1, -0.05) is 11.6 Å². The molecule has 100 valence electrons. The van der Waals surface area contributed by atoms with E-state index in [1.165, 1.54) is 13.8 Å². The van der Waals surface area contributed by atoms with E-state index < -0.39 is 11.8 Å². The molecule has 0 aliphatic heterocycles. The fourth-order valence-corrected chi connectivity index (χ4v) is 1.33. The molecule has 0 bridgehead atoms. The average Bonchev–Trinajstić information content (AvgIpc) is 2.31. The Morgan fingerprint density at radius 3 is 2.32 bits per heavy atom. The van der Waals surface area contributed by atoms with Gasteiger partial charge in [0.05, 0.1) is 5.57 Å². The fraction of sp³-hybridized carbons (Fsp3) is 0.154. The van der Waals surface area contributed by atoms with Crippen molar-refractivity contribution >= 4 is 35.3 Å². The second-order valence-electron chi connectivity index (χ2n) is 3.74. The van der Waals surface area contributed by atoms with Crippen LogP contribution in [0.15, 0.2) is 40.6 Å². The molecule has 0 aliphatic carbocycles. The summed E-state index contributed by atoms with van der Waals surface area (Å²) in [6.07, 6.45) is 1.03. The summed E-state index contributed by atoms with van der Waals surface area (Å²) in [7, 11) is 0. The number of carbonyl (C=O) groups excluding carboxylic acids is 2. The number of allylic oxidation sites excluding steroid dienone is 1. The molecule has 6 heteroatoms. The summed E-state index contributed by atoms with van der Waals surface area (Å²) in [6, 6.07) is 6.48. The number of benzene rings is 1. The Hall–Kier alpha value is -2.14. The number of nitrogens with zero attached hydrogens (tertiary/aromatic N) is 1. The Bertz CT molecular complexity index is 544. The van der Waals surface area contributed by atoms with Crippen molar-refractivity contribution in [1.82, 2.24) is 0 Å². The molecular formula is C13H13ClN2O3. The van der Waals surface area contributed by atoms with Gasteiger partial charge in [0.2, 0.25) is 5.91 Å². The lowest BCUT2D eigenvalue weighted by atomic mass is 10.2. The normalized spacial score (nSPS) is 12.2. The van der Waals surface area contributed by atoms with Gasteiger partial charge in [0.15, 0.2) is 0 Å². The molecule has 0 aliphatic rings.